The number of carbonyl (C=O) groups is 2. The topological polar surface area (TPSA) is 98.5 Å². The largest absolute Gasteiger partial charge is 0.452 e. The number of hydrogen-bond acceptors (Lipinski definition) is 6. The SMILES string of the molecule is C=CCSc1ccccc1NC(=O)COC(=O)/C=C/c1ccc(Cl)c([N+](=O)[O-])c1. The van der Waals surface area contributed by atoms with Crippen LogP contribution in [0.1, 0.15) is 5.56 Å². The van der Waals surface area contributed by atoms with Gasteiger partial charge in [0.2, 0.25) is 0 Å². The lowest BCUT2D eigenvalue weighted by Gasteiger charge is -2.10. The molecule has 0 fully saturated rings. The van der Waals surface area contributed by atoms with Crippen molar-refractivity contribution in [3.05, 3.63) is 81.9 Å². The second kappa shape index (κ2) is 11.0. The maximum absolute atomic E-state index is 12.0. The maximum Gasteiger partial charge on any atom is 0.331 e. The Kier molecular flexibility index (Phi) is 8.45. The maximum atomic E-state index is 12.0. The van der Waals surface area contributed by atoms with Crippen LogP contribution in [0.3, 0.4) is 0 Å². The van der Waals surface area contributed by atoms with Crippen molar-refractivity contribution in [1.82, 2.24) is 0 Å². The molecule has 29 heavy (non-hydrogen) atoms. The third kappa shape index (κ3) is 7.10. The van der Waals surface area contributed by atoms with Gasteiger partial charge >= 0.3 is 5.97 Å². The highest BCUT2D eigenvalue weighted by Crippen LogP contribution is 2.27. The molecular formula is C20H17ClN2O5S. The lowest BCUT2D eigenvalue weighted by Crippen LogP contribution is -2.20. The Hall–Kier alpha value is -3.10. The first-order valence-electron chi connectivity index (χ1n) is 8.32. The molecule has 0 unspecified atom stereocenters. The smallest absolute Gasteiger partial charge is 0.331 e. The molecule has 0 aliphatic carbocycles. The minimum atomic E-state index is -0.757. The monoisotopic (exact) mass is 432 g/mol. The van der Waals surface area contributed by atoms with Crippen molar-refractivity contribution in [3.8, 4) is 0 Å². The average molecular weight is 433 g/mol. The number of rotatable bonds is 9. The molecule has 0 radical (unpaired) electrons. The third-order valence-electron chi connectivity index (χ3n) is 3.44. The number of para-hydroxylation sites is 1. The second-order valence-electron chi connectivity index (χ2n) is 5.55. The molecule has 0 aliphatic heterocycles. The highest BCUT2D eigenvalue weighted by Gasteiger charge is 2.12. The number of thioether (sulfide) groups is 1. The number of halogens is 1. The van der Waals surface area contributed by atoms with Crippen molar-refractivity contribution in [1.29, 1.82) is 0 Å². The van der Waals surface area contributed by atoms with Crippen LogP contribution in [0.25, 0.3) is 6.08 Å². The van der Waals surface area contributed by atoms with E-state index >= 15 is 0 Å². The normalized spacial score (nSPS) is 10.5. The fourth-order valence-electron chi connectivity index (χ4n) is 2.15. The molecule has 2 rings (SSSR count). The Bertz CT molecular complexity index is 962. The molecule has 1 amide bonds. The molecular weight excluding hydrogens is 416 g/mol. The summed E-state index contributed by atoms with van der Waals surface area (Å²) in [5, 5.41) is 13.6. The predicted molar refractivity (Wildman–Crippen MR) is 114 cm³/mol. The fraction of sp³-hybridized carbons (Fsp3) is 0.100. The Morgan fingerprint density at radius 1 is 1.28 bits per heavy atom. The average Bonchev–Trinajstić information content (AvgIpc) is 2.70. The number of nitrogens with zero attached hydrogens (tertiary/aromatic N) is 1. The molecule has 0 aromatic heterocycles. The van der Waals surface area contributed by atoms with Gasteiger partial charge in [-0.25, -0.2) is 4.79 Å². The molecule has 0 saturated heterocycles. The fourth-order valence-corrected chi connectivity index (χ4v) is 3.09. The number of anilines is 1. The summed E-state index contributed by atoms with van der Waals surface area (Å²) < 4.78 is 4.90. The summed E-state index contributed by atoms with van der Waals surface area (Å²) >= 11 is 7.25. The number of nitrogens with one attached hydrogen (secondary N) is 1. The molecule has 2 aromatic carbocycles. The van der Waals surface area contributed by atoms with Crippen LogP contribution in [-0.2, 0) is 14.3 Å². The van der Waals surface area contributed by atoms with E-state index in [1.807, 2.05) is 12.1 Å². The van der Waals surface area contributed by atoms with E-state index in [0.717, 1.165) is 11.0 Å². The molecule has 0 bridgehead atoms. The van der Waals surface area contributed by atoms with Crippen molar-refractivity contribution in [2.75, 3.05) is 17.7 Å². The van der Waals surface area contributed by atoms with E-state index in [1.165, 1.54) is 36.0 Å². The minimum absolute atomic E-state index is 0.00191. The van der Waals surface area contributed by atoms with Crippen LogP contribution in [0.15, 0.2) is 66.1 Å². The van der Waals surface area contributed by atoms with E-state index in [2.05, 4.69) is 11.9 Å². The number of nitro benzene ring substituents is 1. The Morgan fingerprint density at radius 2 is 2.03 bits per heavy atom. The Morgan fingerprint density at radius 3 is 2.76 bits per heavy atom. The summed E-state index contributed by atoms with van der Waals surface area (Å²) in [5.74, 6) is -0.553. The van der Waals surface area contributed by atoms with E-state index in [9.17, 15) is 19.7 Å². The quantitative estimate of drug-likeness (QED) is 0.154. The van der Waals surface area contributed by atoms with Crippen LogP contribution in [0, 0.1) is 10.1 Å². The molecule has 0 atom stereocenters. The number of benzene rings is 2. The minimum Gasteiger partial charge on any atom is -0.452 e. The summed E-state index contributed by atoms with van der Waals surface area (Å²) in [4.78, 5) is 35.0. The molecule has 0 saturated carbocycles. The van der Waals surface area contributed by atoms with Crippen LogP contribution in [0.2, 0.25) is 5.02 Å². The van der Waals surface area contributed by atoms with E-state index < -0.39 is 23.4 Å². The van der Waals surface area contributed by atoms with Crippen molar-refractivity contribution in [2.45, 2.75) is 4.90 Å². The first kappa shape index (κ1) is 22.2. The van der Waals surface area contributed by atoms with E-state index in [4.69, 9.17) is 16.3 Å². The molecule has 7 nitrogen and oxygen atoms in total. The zero-order valence-corrected chi connectivity index (χ0v) is 16.7. The first-order chi connectivity index (χ1) is 13.9. The van der Waals surface area contributed by atoms with Crippen LogP contribution in [0.5, 0.6) is 0 Å². The number of ether oxygens (including phenoxy) is 1. The van der Waals surface area contributed by atoms with Crippen LogP contribution in [0.4, 0.5) is 11.4 Å². The summed E-state index contributed by atoms with van der Waals surface area (Å²) in [5.41, 5.74) is 0.745. The number of nitro groups is 1. The Balaban J connectivity index is 1.90. The predicted octanol–water partition coefficient (Wildman–Crippen LogP) is 4.72. The number of amides is 1. The van der Waals surface area contributed by atoms with E-state index in [1.54, 1.807) is 18.2 Å². The molecule has 0 aliphatic rings. The van der Waals surface area contributed by atoms with Gasteiger partial charge in [-0.3, -0.25) is 14.9 Å². The summed E-state index contributed by atoms with van der Waals surface area (Å²) in [6.07, 6.45) is 4.17. The second-order valence-corrected chi connectivity index (χ2v) is 7.02. The van der Waals surface area contributed by atoms with Gasteiger partial charge in [0.25, 0.3) is 11.6 Å². The van der Waals surface area contributed by atoms with Gasteiger partial charge in [-0.05, 0) is 29.8 Å². The summed E-state index contributed by atoms with van der Waals surface area (Å²) in [6.45, 7) is 3.19. The van der Waals surface area contributed by atoms with E-state index in [0.29, 0.717) is 17.0 Å². The highest BCUT2D eigenvalue weighted by atomic mass is 35.5. The molecule has 1 N–H and O–H groups in total. The van der Waals surface area contributed by atoms with Gasteiger partial charge in [-0.2, -0.15) is 0 Å². The van der Waals surface area contributed by atoms with Gasteiger partial charge in [-0.1, -0.05) is 35.9 Å². The van der Waals surface area contributed by atoms with Gasteiger partial charge in [-0.15, -0.1) is 18.3 Å². The standard InChI is InChI=1S/C20H17ClN2O5S/c1-2-11-29-18-6-4-3-5-16(18)22-19(24)13-28-20(25)10-8-14-7-9-15(21)17(12-14)23(26)27/h2-10,12H,1,11,13H2,(H,22,24)/b10-8+. The molecule has 9 heteroatoms. The molecule has 0 heterocycles. The summed E-state index contributed by atoms with van der Waals surface area (Å²) in [7, 11) is 0. The van der Waals surface area contributed by atoms with Crippen molar-refractivity contribution >= 4 is 52.7 Å². The zero-order chi connectivity index (χ0) is 21.2. The number of carbonyl (C=O) groups excluding carboxylic acids is 2. The van der Waals surface area contributed by atoms with Crippen LogP contribution in [-0.4, -0.2) is 29.2 Å². The van der Waals surface area contributed by atoms with Crippen molar-refractivity contribution in [2.24, 2.45) is 0 Å². The number of hydrogen-bond donors (Lipinski definition) is 1. The third-order valence-corrected chi connectivity index (χ3v) is 4.83. The summed E-state index contributed by atoms with van der Waals surface area (Å²) in [6, 6.07) is 11.4. The van der Waals surface area contributed by atoms with E-state index in [-0.39, 0.29) is 10.7 Å². The van der Waals surface area contributed by atoms with Crippen molar-refractivity contribution < 1.29 is 19.2 Å². The van der Waals surface area contributed by atoms with Crippen LogP contribution >= 0.6 is 23.4 Å². The molecule has 2 aromatic rings. The highest BCUT2D eigenvalue weighted by molar-refractivity contribution is 7.99. The number of esters is 1. The van der Waals surface area contributed by atoms with Gasteiger partial charge in [0.15, 0.2) is 6.61 Å². The van der Waals surface area contributed by atoms with Gasteiger partial charge in [0, 0.05) is 22.8 Å². The first-order valence-corrected chi connectivity index (χ1v) is 9.68. The lowest BCUT2D eigenvalue weighted by atomic mass is 10.2. The van der Waals surface area contributed by atoms with Crippen molar-refractivity contribution in [3.63, 3.8) is 0 Å². The van der Waals surface area contributed by atoms with Gasteiger partial charge in [0.05, 0.1) is 10.6 Å². The van der Waals surface area contributed by atoms with Gasteiger partial charge in [0.1, 0.15) is 5.02 Å². The lowest BCUT2D eigenvalue weighted by molar-refractivity contribution is -0.384. The molecule has 150 valence electrons. The van der Waals surface area contributed by atoms with Gasteiger partial charge < -0.3 is 10.1 Å². The van der Waals surface area contributed by atoms with Crippen LogP contribution < -0.4 is 5.32 Å². The Labute approximate surface area is 176 Å². The zero-order valence-electron chi connectivity index (χ0n) is 15.2. The molecule has 0 spiro atoms.